The smallest absolute Gasteiger partial charge is 0.0556 e. The Morgan fingerprint density at radius 1 is 0.435 bits per heavy atom. The molecule has 0 fully saturated rings. The number of rotatable bonds is 4. The number of benzene rings is 7. The molecule has 2 nitrogen and oxygen atoms in total. The summed E-state index contributed by atoms with van der Waals surface area (Å²) >= 11 is 0. The summed E-state index contributed by atoms with van der Waals surface area (Å²) in [6, 6.07) is 58.8. The van der Waals surface area contributed by atoms with Gasteiger partial charge in [0.15, 0.2) is 0 Å². The molecular weight excluding hydrogens is 556 g/mol. The second-order valence-corrected chi connectivity index (χ2v) is 11.9. The van der Waals surface area contributed by atoms with E-state index in [0.29, 0.717) is 0 Å². The van der Waals surface area contributed by atoms with Crippen LogP contribution in [0.2, 0.25) is 0 Å². The maximum absolute atomic E-state index is 4.63. The molecule has 216 valence electrons. The molecule has 0 saturated carbocycles. The standard InChI is InChI=1S/C44H30N2/c1-30-39-16-7-9-19-42(39)46(43-20-10-15-33-12-4-6-17-40(33)43)44(30)29-38-28-36-14-5-8-18-41(36)45(38)37-25-23-32(24-26-37)35-22-21-31-11-2-3-13-34(31)27-35/h2-29H,1H2/b44-29+. The first-order valence-electron chi connectivity index (χ1n) is 15.7. The summed E-state index contributed by atoms with van der Waals surface area (Å²) in [5, 5.41) is 9.40. The van der Waals surface area contributed by atoms with Crippen LogP contribution in [-0.4, -0.2) is 9.13 Å². The van der Waals surface area contributed by atoms with Crippen LogP contribution < -0.4 is 10.6 Å². The Morgan fingerprint density at radius 3 is 1.89 bits per heavy atom. The quantitative estimate of drug-likeness (QED) is 0.194. The molecule has 0 spiro atoms. The average Bonchev–Trinajstić information content (AvgIpc) is 3.62. The molecule has 0 unspecified atom stereocenters. The fraction of sp³-hybridized carbons (Fsp3) is 0. The van der Waals surface area contributed by atoms with Crippen LogP contribution in [0.1, 0.15) is 5.69 Å². The molecule has 0 aliphatic rings. The van der Waals surface area contributed by atoms with Gasteiger partial charge in [0.05, 0.1) is 22.1 Å². The first-order chi connectivity index (χ1) is 22.7. The predicted molar refractivity (Wildman–Crippen MR) is 195 cm³/mol. The Bertz CT molecular complexity index is 2700. The summed E-state index contributed by atoms with van der Waals surface area (Å²) in [5.41, 5.74) is 8.12. The highest BCUT2D eigenvalue weighted by Crippen LogP contribution is 2.30. The van der Waals surface area contributed by atoms with E-state index in [4.69, 9.17) is 0 Å². The molecule has 0 N–H and O–H groups in total. The average molecular weight is 587 g/mol. The Hall–Kier alpha value is -6.12. The maximum atomic E-state index is 4.63. The largest absolute Gasteiger partial charge is 0.310 e. The van der Waals surface area contributed by atoms with Crippen LogP contribution >= 0.6 is 0 Å². The number of hydrogen-bond donors (Lipinski definition) is 0. The van der Waals surface area contributed by atoms with Gasteiger partial charge in [0.2, 0.25) is 0 Å². The highest BCUT2D eigenvalue weighted by molar-refractivity contribution is 5.94. The third-order valence-electron chi connectivity index (χ3n) is 9.26. The Balaban J connectivity index is 1.27. The Labute approximate surface area is 267 Å². The van der Waals surface area contributed by atoms with E-state index in [9.17, 15) is 0 Å². The van der Waals surface area contributed by atoms with Crippen LogP contribution in [0.5, 0.6) is 0 Å². The van der Waals surface area contributed by atoms with Crippen molar-refractivity contribution in [2.24, 2.45) is 0 Å². The molecule has 2 aromatic heterocycles. The van der Waals surface area contributed by atoms with Crippen LogP contribution in [0.25, 0.3) is 78.5 Å². The van der Waals surface area contributed by atoms with Crippen molar-refractivity contribution in [3.05, 3.63) is 180 Å². The molecular formula is C44H30N2. The van der Waals surface area contributed by atoms with Gasteiger partial charge in [-0.3, -0.25) is 0 Å². The molecule has 0 aliphatic carbocycles. The molecule has 2 heteroatoms. The minimum atomic E-state index is 1.02. The third-order valence-corrected chi connectivity index (χ3v) is 9.26. The van der Waals surface area contributed by atoms with Gasteiger partial charge in [-0.1, -0.05) is 128 Å². The van der Waals surface area contributed by atoms with E-state index in [1.807, 2.05) is 0 Å². The number of aromatic nitrogens is 2. The van der Waals surface area contributed by atoms with Gasteiger partial charge in [-0.05, 0) is 75.8 Å². The van der Waals surface area contributed by atoms with E-state index in [0.717, 1.165) is 38.5 Å². The topological polar surface area (TPSA) is 9.86 Å². The number of nitrogens with zero attached hydrogens (tertiary/aromatic N) is 2. The van der Waals surface area contributed by atoms with Crippen LogP contribution in [0.3, 0.4) is 0 Å². The second kappa shape index (κ2) is 10.5. The van der Waals surface area contributed by atoms with Crippen LogP contribution in [-0.2, 0) is 0 Å². The highest BCUT2D eigenvalue weighted by atomic mass is 15.0. The van der Waals surface area contributed by atoms with Crippen LogP contribution in [0.15, 0.2) is 164 Å². The molecule has 0 bridgehead atoms. The molecule has 0 atom stereocenters. The van der Waals surface area contributed by atoms with Gasteiger partial charge in [-0.2, -0.15) is 0 Å². The lowest BCUT2D eigenvalue weighted by Gasteiger charge is -2.12. The van der Waals surface area contributed by atoms with Gasteiger partial charge < -0.3 is 9.13 Å². The minimum Gasteiger partial charge on any atom is -0.310 e. The van der Waals surface area contributed by atoms with E-state index >= 15 is 0 Å². The molecule has 0 saturated heterocycles. The van der Waals surface area contributed by atoms with E-state index in [2.05, 4.69) is 186 Å². The van der Waals surface area contributed by atoms with Crippen LogP contribution in [0, 0.1) is 0 Å². The highest BCUT2D eigenvalue weighted by Gasteiger charge is 2.14. The van der Waals surface area contributed by atoms with Crippen LogP contribution in [0.4, 0.5) is 0 Å². The van der Waals surface area contributed by atoms with Crippen molar-refractivity contribution in [3.8, 4) is 22.5 Å². The normalized spacial score (nSPS) is 12.1. The second-order valence-electron chi connectivity index (χ2n) is 11.9. The third kappa shape index (κ3) is 4.19. The minimum absolute atomic E-state index is 1.02. The summed E-state index contributed by atoms with van der Waals surface area (Å²) in [5.74, 6) is 0. The molecule has 0 aliphatic heterocycles. The summed E-state index contributed by atoms with van der Waals surface area (Å²) < 4.78 is 4.74. The zero-order valence-corrected chi connectivity index (χ0v) is 25.3. The number of hydrogen-bond acceptors (Lipinski definition) is 0. The zero-order chi connectivity index (χ0) is 30.6. The van der Waals surface area contributed by atoms with Crippen molar-refractivity contribution in [1.29, 1.82) is 0 Å². The molecule has 46 heavy (non-hydrogen) atoms. The molecule has 2 heterocycles. The molecule has 0 radical (unpaired) electrons. The lowest BCUT2D eigenvalue weighted by atomic mass is 10.0. The Kier molecular flexibility index (Phi) is 6.00. The zero-order valence-electron chi connectivity index (χ0n) is 25.3. The van der Waals surface area contributed by atoms with Gasteiger partial charge in [0, 0.05) is 32.8 Å². The summed E-state index contributed by atoms with van der Waals surface area (Å²) in [7, 11) is 0. The molecule has 0 amide bonds. The van der Waals surface area contributed by atoms with Gasteiger partial charge in [-0.25, -0.2) is 0 Å². The first-order valence-corrected chi connectivity index (χ1v) is 15.7. The monoisotopic (exact) mass is 586 g/mol. The summed E-state index contributed by atoms with van der Waals surface area (Å²) in [6.07, 6.45) is 2.31. The van der Waals surface area contributed by atoms with E-state index in [1.165, 1.54) is 43.6 Å². The molecule has 9 aromatic rings. The van der Waals surface area contributed by atoms with E-state index in [-0.39, 0.29) is 0 Å². The maximum Gasteiger partial charge on any atom is 0.0556 e. The predicted octanol–water partition coefficient (Wildman–Crippen LogP) is 9.79. The summed E-state index contributed by atoms with van der Waals surface area (Å²) in [4.78, 5) is 0. The molecule has 7 aromatic carbocycles. The summed E-state index contributed by atoms with van der Waals surface area (Å²) in [6.45, 7) is 4.63. The number of para-hydroxylation sites is 2. The van der Waals surface area contributed by atoms with Crippen molar-refractivity contribution < 1.29 is 0 Å². The lowest BCUT2D eigenvalue weighted by Crippen LogP contribution is -2.28. The van der Waals surface area contributed by atoms with Gasteiger partial charge in [0.25, 0.3) is 0 Å². The van der Waals surface area contributed by atoms with Gasteiger partial charge in [-0.15, -0.1) is 0 Å². The Morgan fingerprint density at radius 2 is 1.07 bits per heavy atom. The van der Waals surface area contributed by atoms with Crippen molar-refractivity contribution in [1.82, 2.24) is 9.13 Å². The van der Waals surface area contributed by atoms with Gasteiger partial charge in [0.1, 0.15) is 0 Å². The number of fused-ring (bicyclic) bond motifs is 4. The fourth-order valence-electron chi connectivity index (χ4n) is 7.02. The molecule has 9 rings (SSSR count). The van der Waals surface area contributed by atoms with Crippen molar-refractivity contribution in [2.45, 2.75) is 0 Å². The van der Waals surface area contributed by atoms with E-state index in [1.54, 1.807) is 0 Å². The van der Waals surface area contributed by atoms with Crippen molar-refractivity contribution >= 4 is 56.0 Å². The first kappa shape index (κ1) is 26.3. The fourth-order valence-corrected chi connectivity index (χ4v) is 7.02. The lowest BCUT2D eigenvalue weighted by molar-refractivity contribution is 1.06. The van der Waals surface area contributed by atoms with Crippen molar-refractivity contribution in [3.63, 3.8) is 0 Å². The van der Waals surface area contributed by atoms with Gasteiger partial charge >= 0.3 is 0 Å². The van der Waals surface area contributed by atoms with Crippen molar-refractivity contribution in [2.75, 3.05) is 0 Å². The SMILES string of the molecule is C=c1/c(=C\c2cc3ccccc3n2-c2ccc(-c3ccc4ccccc4c3)cc2)n(-c2cccc3ccccc23)c2ccccc12. The van der Waals surface area contributed by atoms with E-state index < -0.39 is 0 Å².